The lowest BCUT2D eigenvalue weighted by molar-refractivity contribution is -0.138. The minimum absolute atomic E-state index is 0.0270. The fraction of sp³-hybridized carbons (Fsp3) is 0.350. The van der Waals surface area contributed by atoms with E-state index in [9.17, 15) is 27.6 Å². The summed E-state index contributed by atoms with van der Waals surface area (Å²) in [6, 6.07) is 7.90. The maximum absolute atomic E-state index is 13.2. The topological polar surface area (TPSA) is 57.7 Å². The van der Waals surface area contributed by atoms with Crippen molar-refractivity contribution in [1.29, 1.82) is 0 Å². The van der Waals surface area contributed by atoms with Crippen LogP contribution in [-0.2, 0) is 11.0 Å². The average molecular weight is 459 g/mol. The highest BCUT2D eigenvalue weighted by Gasteiger charge is 2.36. The molecule has 0 spiro atoms. The van der Waals surface area contributed by atoms with Gasteiger partial charge in [-0.15, -0.1) is 11.3 Å². The molecule has 10 heteroatoms. The number of carbonyl (C=O) groups excluding carboxylic acids is 3. The van der Waals surface area contributed by atoms with Gasteiger partial charge in [0, 0.05) is 39.0 Å². The van der Waals surface area contributed by atoms with Gasteiger partial charge in [0.15, 0.2) is 5.78 Å². The van der Waals surface area contributed by atoms with Crippen LogP contribution in [0.5, 0.6) is 0 Å². The predicted molar refractivity (Wildman–Crippen MR) is 107 cm³/mol. The van der Waals surface area contributed by atoms with E-state index in [1.807, 2.05) is 0 Å². The Morgan fingerprint density at radius 3 is 2.17 bits per heavy atom. The summed E-state index contributed by atoms with van der Waals surface area (Å²) in [7, 11) is 0. The third-order valence-electron chi connectivity index (χ3n) is 4.80. The van der Waals surface area contributed by atoms with Crippen LogP contribution in [-0.4, -0.2) is 53.6 Å². The van der Waals surface area contributed by atoms with Gasteiger partial charge in [-0.05, 0) is 24.3 Å². The predicted octanol–water partition coefficient (Wildman–Crippen LogP) is 4.37. The van der Waals surface area contributed by atoms with Crippen LogP contribution < -0.4 is 0 Å². The summed E-state index contributed by atoms with van der Waals surface area (Å²) in [5, 5.41) is 0. The van der Waals surface area contributed by atoms with Crippen molar-refractivity contribution in [3.63, 3.8) is 0 Å². The van der Waals surface area contributed by atoms with Gasteiger partial charge in [-0.25, -0.2) is 0 Å². The summed E-state index contributed by atoms with van der Waals surface area (Å²) in [5.41, 5.74) is -1.37. The molecule has 0 saturated carbocycles. The number of rotatable bonds is 5. The number of nitrogens with zero attached hydrogens (tertiary/aromatic N) is 2. The zero-order chi connectivity index (χ0) is 21.9. The van der Waals surface area contributed by atoms with Gasteiger partial charge in [-0.2, -0.15) is 13.2 Å². The van der Waals surface area contributed by atoms with Crippen LogP contribution in [0, 0.1) is 0 Å². The van der Waals surface area contributed by atoms with Crippen LogP contribution >= 0.6 is 22.9 Å². The van der Waals surface area contributed by atoms with Gasteiger partial charge < -0.3 is 9.80 Å². The Morgan fingerprint density at radius 1 is 0.933 bits per heavy atom. The minimum atomic E-state index is -4.62. The zero-order valence-electron chi connectivity index (χ0n) is 15.7. The molecule has 0 radical (unpaired) electrons. The summed E-state index contributed by atoms with van der Waals surface area (Å²) in [5.74, 6) is -1.11. The second kappa shape index (κ2) is 9.18. The number of Topliss-reactive ketones (excluding diaryl/α,β-unsaturated/α-hetero) is 1. The van der Waals surface area contributed by atoms with E-state index in [0.29, 0.717) is 9.21 Å². The molecule has 1 aliphatic rings. The Bertz CT molecular complexity index is 953. The van der Waals surface area contributed by atoms with Gasteiger partial charge in [0.1, 0.15) is 0 Å². The Morgan fingerprint density at radius 2 is 1.57 bits per heavy atom. The fourth-order valence-corrected chi connectivity index (χ4v) is 4.22. The van der Waals surface area contributed by atoms with E-state index >= 15 is 0 Å². The molecule has 0 atom stereocenters. The van der Waals surface area contributed by atoms with E-state index in [1.165, 1.54) is 21.9 Å². The highest BCUT2D eigenvalue weighted by Crippen LogP contribution is 2.32. The monoisotopic (exact) mass is 458 g/mol. The van der Waals surface area contributed by atoms with Gasteiger partial charge in [0.2, 0.25) is 5.91 Å². The largest absolute Gasteiger partial charge is 0.417 e. The SMILES string of the molecule is O=C(CCC(=O)N1CCN(C(=O)c2ccccc2C(F)(F)F)CC1)c1ccc(Cl)s1. The summed E-state index contributed by atoms with van der Waals surface area (Å²) < 4.78 is 40.0. The number of piperazine rings is 1. The lowest BCUT2D eigenvalue weighted by Crippen LogP contribution is -2.50. The third kappa shape index (κ3) is 5.20. The van der Waals surface area contributed by atoms with E-state index in [4.69, 9.17) is 11.6 Å². The Kier molecular flexibility index (Phi) is 6.82. The molecule has 0 N–H and O–H groups in total. The van der Waals surface area contributed by atoms with Gasteiger partial charge in [0.05, 0.1) is 20.3 Å². The Labute approximate surface area is 180 Å². The molecule has 0 aliphatic carbocycles. The molecule has 0 unspecified atom stereocenters. The first kappa shape index (κ1) is 22.3. The summed E-state index contributed by atoms with van der Waals surface area (Å²) in [6.07, 6.45) is -4.55. The van der Waals surface area contributed by atoms with Crippen LogP contribution in [0.4, 0.5) is 13.2 Å². The number of hydrogen-bond donors (Lipinski definition) is 0. The summed E-state index contributed by atoms with van der Waals surface area (Å²) in [6.45, 7) is 0.673. The highest BCUT2D eigenvalue weighted by atomic mass is 35.5. The van der Waals surface area contributed by atoms with Crippen molar-refractivity contribution >= 4 is 40.5 Å². The molecular formula is C20H18ClF3N2O3S. The Balaban J connectivity index is 1.54. The first-order chi connectivity index (χ1) is 14.2. The number of amides is 2. The number of benzene rings is 1. The van der Waals surface area contributed by atoms with Crippen LogP contribution in [0.2, 0.25) is 4.34 Å². The van der Waals surface area contributed by atoms with Crippen molar-refractivity contribution in [3.8, 4) is 0 Å². The number of carbonyl (C=O) groups is 3. The molecule has 2 aromatic rings. The number of ketones is 1. The van der Waals surface area contributed by atoms with Crippen molar-refractivity contribution in [1.82, 2.24) is 9.80 Å². The number of hydrogen-bond acceptors (Lipinski definition) is 4. The smallest absolute Gasteiger partial charge is 0.339 e. The zero-order valence-corrected chi connectivity index (χ0v) is 17.3. The lowest BCUT2D eigenvalue weighted by Gasteiger charge is -2.35. The van der Waals surface area contributed by atoms with Crippen LogP contribution in [0.3, 0.4) is 0 Å². The molecule has 30 heavy (non-hydrogen) atoms. The Hall–Kier alpha value is -2.39. The average Bonchev–Trinajstić information content (AvgIpc) is 3.17. The van der Waals surface area contributed by atoms with Crippen molar-refractivity contribution in [2.75, 3.05) is 26.2 Å². The fourth-order valence-electron chi connectivity index (χ4n) is 3.21. The van der Waals surface area contributed by atoms with Gasteiger partial charge >= 0.3 is 6.18 Å². The molecule has 5 nitrogen and oxygen atoms in total. The molecule has 1 saturated heterocycles. The molecular weight excluding hydrogens is 441 g/mol. The van der Waals surface area contributed by atoms with E-state index in [0.717, 1.165) is 23.5 Å². The highest BCUT2D eigenvalue weighted by molar-refractivity contribution is 7.18. The maximum atomic E-state index is 13.2. The molecule has 1 fully saturated rings. The number of halogens is 4. The van der Waals surface area contributed by atoms with Gasteiger partial charge in [-0.1, -0.05) is 23.7 Å². The molecule has 160 valence electrons. The van der Waals surface area contributed by atoms with Crippen LogP contribution in [0.15, 0.2) is 36.4 Å². The van der Waals surface area contributed by atoms with E-state index in [-0.39, 0.29) is 50.7 Å². The molecule has 1 aliphatic heterocycles. The third-order valence-corrected chi connectivity index (χ3v) is 6.07. The van der Waals surface area contributed by atoms with Crippen molar-refractivity contribution in [2.24, 2.45) is 0 Å². The van der Waals surface area contributed by atoms with Crippen molar-refractivity contribution in [3.05, 3.63) is 56.7 Å². The van der Waals surface area contributed by atoms with E-state index in [2.05, 4.69) is 0 Å². The lowest BCUT2D eigenvalue weighted by atomic mass is 10.1. The maximum Gasteiger partial charge on any atom is 0.417 e. The van der Waals surface area contributed by atoms with Gasteiger partial charge in [0.25, 0.3) is 5.91 Å². The standard InChI is InChI=1S/C20H18ClF3N2O3S/c21-17-7-6-16(30-17)15(27)5-8-18(28)25-9-11-26(12-10-25)19(29)13-3-1-2-4-14(13)20(22,23)24/h1-4,6-7H,5,8-12H2. The first-order valence-corrected chi connectivity index (χ1v) is 10.4. The second-order valence-corrected chi connectivity index (χ2v) is 8.46. The number of alkyl halides is 3. The van der Waals surface area contributed by atoms with Crippen molar-refractivity contribution < 1.29 is 27.6 Å². The molecule has 3 rings (SSSR count). The first-order valence-electron chi connectivity index (χ1n) is 9.18. The molecule has 0 bridgehead atoms. The van der Waals surface area contributed by atoms with E-state index < -0.39 is 23.2 Å². The summed E-state index contributed by atoms with van der Waals surface area (Å²) >= 11 is 6.96. The quantitative estimate of drug-likeness (QED) is 0.625. The molecule has 1 aromatic carbocycles. The molecule has 1 aromatic heterocycles. The summed E-state index contributed by atoms with van der Waals surface area (Å²) in [4.78, 5) is 40.4. The van der Waals surface area contributed by atoms with Crippen molar-refractivity contribution in [2.45, 2.75) is 19.0 Å². The van der Waals surface area contributed by atoms with Crippen LogP contribution in [0.1, 0.15) is 38.4 Å². The van der Waals surface area contributed by atoms with Crippen LogP contribution in [0.25, 0.3) is 0 Å². The van der Waals surface area contributed by atoms with Gasteiger partial charge in [-0.3, -0.25) is 14.4 Å². The molecule has 2 amide bonds. The second-order valence-electron chi connectivity index (χ2n) is 6.74. The minimum Gasteiger partial charge on any atom is -0.339 e. The normalized spacial score (nSPS) is 14.7. The van der Waals surface area contributed by atoms with E-state index in [1.54, 1.807) is 12.1 Å². The molecule has 2 heterocycles. The number of thiophene rings is 1.